The van der Waals surface area contributed by atoms with Crippen LogP contribution in [-0.2, 0) is 28.2 Å². The van der Waals surface area contributed by atoms with Crippen LogP contribution in [0.1, 0.15) is 5.69 Å². The maximum atomic E-state index is 11.0. The average molecular weight is 409 g/mol. The lowest BCUT2D eigenvalue weighted by atomic mass is 10.3. The maximum absolute atomic E-state index is 11.0. The molecule has 104 valence electrons. The first kappa shape index (κ1) is 17.9. The first-order valence-electron chi connectivity index (χ1n) is 4.57. The van der Waals surface area contributed by atoms with Crippen LogP contribution in [0.15, 0.2) is 24.4 Å². The van der Waals surface area contributed by atoms with Gasteiger partial charge in [0.05, 0.1) is 6.42 Å². The fraction of sp³-hybridized carbons (Fsp3) is 0.375. The predicted octanol–water partition coefficient (Wildman–Crippen LogP) is -3.55. The Morgan fingerprint density at radius 3 is 2.33 bits per heavy atom. The smallest absolute Gasteiger partial charge is 0.346 e. The summed E-state index contributed by atoms with van der Waals surface area (Å²) in [4.78, 5) is 15.7. The molecule has 7 nitrogen and oxygen atoms in total. The van der Waals surface area contributed by atoms with Crippen LogP contribution in [0.5, 0.6) is 0 Å². The van der Waals surface area contributed by atoms with Gasteiger partial charge in [-0.1, -0.05) is 6.07 Å². The van der Waals surface area contributed by atoms with E-state index in [1.165, 1.54) is 10.6 Å². The largest absolute Gasteiger partial charge is 1.00 e. The van der Waals surface area contributed by atoms with Crippen molar-refractivity contribution in [1.29, 1.82) is 0 Å². The molecule has 10 heteroatoms. The number of aryl methyl sites for hydroxylation is 1. The number of aromatic nitrogens is 1. The monoisotopic (exact) mass is 409 g/mol. The van der Waals surface area contributed by atoms with Gasteiger partial charge in [0, 0.05) is 12.1 Å². The van der Waals surface area contributed by atoms with Gasteiger partial charge in [-0.25, -0.2) is 4.57 Å². The Hall–Kier alpha value is -0.0600. The highest BCUT2D eigenvalue weighted by Crippen LogP contribution is 2.44. The summed E-state index contributed by atoms with van der Waals surface area (Å²) in [6, 6.07) is 4.81. The summed E-state index contributed by atoms with van der Waals surface area (Å²) in [5.41, 5.74) is 0.387. The molecule has 1 aromatic heterocycles. The van der Waals surface area contributed by atoms with Gasteiger partial charge in [0.25, 0.3) is 10.1 Å². The Morgan fingerprint density at radius 2 is 1.94 bits per heavy atom. The number of hydrogen-bond donors (Lipinski definition) is 3. The molecule has 18 heavy (non-hydrogen) atoms. The molecule has 0 fully saturated rings. The van der Waals surface area contributed by atoms with Crippen molar-refractivity contribution in [3.05, 3.63) is 30.1 Å². The van der Waals surface area contributed by atoms with Crippen molar-refractivity contribution < 1.29 is 55.9 Å². The molecule has 0 aliphatic rings. The van der Waals surface area contributed by atoms with Crippen molar-refractivity contribution in [2.24, 2.45) is 7.05 Å². The van der Waals surface area contributed by atoms with E-state index >= 15 is 0 Å². The van der Waals surface area contributed by atoms with E-state index < -0.39 is 29.1 Å². The molecule has 0 aliphatic carbocycles. The van der Waals surface area contributed by atoms with Crippen LogP contribution < -0.4 is 28.5 Å². The van der Waals surface area contributed by atoms with E-state index in [0.29, 0.717) is 5.69 Å². The van der Waals surface area contributed by atoms with Crippen LogP contribution in [0.4, 0.5) is 0 Å². The zero-order valence-corrected chi connectivity index (χ0v) is 13.2. The third-order valence-corrected chi connectivity index (χ3v) is 5.68. The molecule has 0 saturated carbocycles. The molecule has 3 N–H and O–H groups in total. The van der Waals surface area contributed by atoms with Crippen molar-refractivity contribution in [1.82, 2.24) is 0 Å². The molecule has 1 atom stereocenters. The number of nitrogens with zero attached hydrogens (tertiary/aromatic N) is 1. The average Bonchev–Trinajstić information content (AvgIpc) is 2.12. The second-order valence-corrected chi connectivity index (χ2v) is 7.32. The van der Waals surface area contributed by atoms with E-state index in [2.05, 4.69) is 0 Å². The van der Waals surface area contributed by atoms with Gasteiger partial charge in [0.2, 0.25) is 0 Å². The van der Waals surface area contributed by atoms with Crippen molar-refractivity contribution in [3.8, 4) is 0 Å². The van der Waals surface area contributed by atoms with Crippen LogP contribution in [-0.4, -0.2) is 27.7 Å². The lowest BCUT2D eigenvalue weighted by molar-refractivity contribution is -0.679. The van der Waals surface area contributed by atoms with E-state index in [1.807, 2.05) is 0 Å². The fourth-order valence-electron chi connectivity index (χ4n) is 1.35. The summed E-state index contributed by atoms with van der Waals surface area (Å²) in [6.45, 7) is 0. The Labute approximate surface area is 122 Å². The molecule has 0 bridgehead atoms. The highest BCUT2D eigenvalue weighted by molar-refractivity contribution is 7.93. The maximum Gasteiger partial charge on any atom is 0.346 e. The number of rotatable bonds is 4. The molecule has 1 aromatic rings. The first-order chi connectivity index (χ1) is 7.62. The van der Waals surface area contributed by atoms with Crippen molar-refractivity contribution in [2.75, 3.05) is 0 Å². The molecule has 0 aliphatic heterocycles. The van der Waals surface area contributed by atoms with Gasteiger partial charge in [0.15, 0.2) is 16.9 Å². The van der Waals surface area contributed by atoms with Crippen LogP contribution >= 0.6 is 7.60 Å². The summed E-state index contributed by atoms with van der Waals surface area (Å²) in [5.74, 6) is 0. The minimum absolute atomic E-state index is 0. The van der Waals surface area contributed by atoms with Crippen LogP contribution in [0.25, 0.3) is 0 Å². The normalized spacial score (nSPS) is 13.8. The zero-order chi connectivity index (χ0) is 13.3. The molecular weight excluding hydrogens is 396 g/mol. The molecule has 0 radical (unpaired) electrons. The lowest BCUT2D eigenvalue weighted by Gasteiger charge is -2.13. The first-order valence-corrected chi connectivity index (χ1v) is 7.76. The fourth-order valence-corrected chi connectivity index (χ4v) is 3.54. The summed E-state index contributed by atoms with van der Waals surface area (Å²) in [7, 11) is -8.14. The van der Waals surface area contributed by atoms with Crippen LogP contribution in [0, 0.1) is 0 Å². The third kappa shape index (κ3) is 4.90. The third-order valence-electron chi connectivity index (χ3n) is 2.27. The Morgan fingerprint density at radius 1 is 1.39 bits per heavy atom. The van der Waals surface area contributed by atoms with Gasteiger partial charge in [-0.2, -0.15) is 8.42 Å². The van der Waals surface area contributed by atoms with Crippen molar-refractivity contribution >= 4 is 17.7 Å². The topological polar surface area (TPSA) is 116 Å². The molecule has 0 aromatic carbocycles. The zero-order valence-electron chi connectivity index (χ0n) is 9.34. The van der Waals surface area contributed by atoms with E-state index in [1.54, 1.807) is 25.4 Å². The minimum atomic E-state index is -4.93. The number of hydrogen-bond acceptors (Lipinski definition) is 3. The van der Waals surface area contributed by atoms with E-state index in [-0.39, 0.29) is 24.0 Å². The van der Waals surface area contributed by atoms with Gasteiger partial charge in [-0.15, -0.1) is 0 Å². The summed E-state index contributed by atoms with van der Waals surface area (Å²) in [5, 5.41) is 0. The Bertz CT molecular complexity index is 556. The van der Waals surface area contributed by atoms with Gasteiger partial charge in [0.1, 0.15) is 7.05 Å². The highest BCUT2D eigenvalue weighted by atomic mass is 127. The van der Waals surface area contributed by atoms with E-state index in [9.17, 15) is 13.0 Å². The Balaban J connectivity index is 0.00000289. The summed E-state index contributed by atoms with van der Waals surface area (Å²) < 4.78 is 43.3. The van der Waals surface area contributed by atoms with Gasteiger partial charge >= 0.3 is 7.60 Å². The highest BCUT2D eigenvalue weighted by Gasteiger charge is 2.41. The molecular formula is C8H13INO6PS. The van der Waals surface area contributed by atoms with Gasteiger partial charge in [-0.05, 0) is 0 Å². The second-order valence-electron chi connectivity index (χ2n) is 3.57. The molecule has 1 unspecified atom stereocenters. The molecule has 0 saturated heterocycles. The van der Waals surface area contributed by atoms with Crippen LogP contribution in [0.2, 0.25) is 0 Å². The van der Waals surface area contributed by atoms with Gasteiger partial charge < -0.3 is 33.8 Å². The summed E-state index contributed by atoms with van der Waals surface area (Å²) in [6.07, 6.45) is 1.15. The number of pyridine rings is 1. The molecule has 0 amide bonds. The van der Waals surface area contributed by atoms with Crippen LogP contribution in [0.3, 0.4) is 0 Å². The van der Waals surface area contributed by atoms with Crippen molar-refractivity contribution in [3.63, 3.8) is 0 Å². The predicted molar refractivity (Wildman–Crippen MR) is 58.7 cm³/mol. The van der Waals surface area contributed by atoms with E-state index in [0.717, 1.165) is 0 Å². The standard InChI is InChI=1S/C8H12NO6PS.HI/c1-9-5-3-2-4-7(9)6-8(16(10,11)12)17(13,14)15;/h2-5,8H,6H2,1H3,(H2-,10,11,12,13,14,15);1H. The minimum Gasteiger partial charge on any atom is -1.00 e. The molecule has 1 rings (SSSR count). The SMILES string of the molecule is C[n+]1ccccc1CC(P(=O)(O)O)S(=O)(=O)O.[I-]. The summed E-state index contributed by atoms with van der Waals surface area (Å²) >= 11 is 0. The Kier molecular flexibility index (Phi) is 6.38. The quantitative estimate of drug-likeness (QED) is 0.205. The van der Waals surface area contributed by atoms with Gasteiger partial charge in [-0.3, -0.25) is 9.12 Å². The number of halogens is 1. The molecule has 0 spiro atoms. The lowest BCUT2D eigenvalue weighted by Crippen LogP contribution is -3.00. The van der Waals surface area contributed by atoms with Crippen molar-refractivity contribution in [2.45, 2.75) is 11.4 Å². The van der Waals surface area contributed by atoms with E-state index in [4.69, 9.17) is 14.3 Å². The second kappa shape index (κ2) is 6.40. The molecule has 1 heterocycles.